The molecule has 0 spiro atoms. The molecule has 9 nitrogen and oxygen atoms in total. The zero-order valence-electron chi connectivity index (χ0n) is 37.4. The van der Waals surface area contributed by atoms with Gasteiger partial charge in [0.2, 0.25) is 0 Å². The van der Waals surface area contributed by atoms with Crippen molar-refractivity contribution in [1.29, 1.82) is 0 Å². The van der Waals surface area contributed by atoms with Gasteiger partial charge >= 0.3 is 11.9 Å². The number of nitrogens with zero attached hydrogens (tertiary/aromatic N) is 1. The second kappa shape index (κ2) is 38.4. The number of hydrogen-bond acceptors (Lipinski definition) is 8. The maximum absolute atomic E-state index is 12.6. The third kappa shape index (κ3) is 42.8. The molecular formula is C48H82NO8P. The maximum atomic E-state index is 12.6. The van der Waals surface area contributed by atoms with Gasteiger partial charge in [-0.2, -0.15) is 0 Å². The topological polar surface area (TPSA) is 111 Å². The zero-order chi connectivity index (χ0) is 43.0. The summed E-state index contributed by atoms with van der Waals surface area (Å²) in [4.78, 5) is 37.4. The Kier molecular flexibility index (Phi) is 36.5. The average Bonchev–Trinajstić information content (AvgIpc) is 3.16. The molecule has 0 heterocycles. The number of hydrogen-bond donors (Lipinski definition) is 0. The third-order valence-corrected chi connectivity index (χ3v) is 10.0. The molecule has 0 bridgehead atoms. The minimum absolute atomic E-state index is 0.0636. The lowest BCUT2D eigenvalue weighted by atomic mass is 10.0. The number of likely N-dealkylation sites (N-methyl/N-ethyl adjacent to an activating group) is 1. The number of rotatable bonds is 38. The van der Waals surface area contributed by atoms with E-state index in [0.717, 1.165) is 50.9 Å². The number of unbranched alkanes of at least 4 members (excludes halogenated alkanes) is 15. The van der Waals surface area contributed by atoms with Crippen LogP contribution in [0.5, 0.6) is 0 Å². The van der Waals surface area contributed by atoms with Crippen molar-refractivity contribution < 1.29 is 42.1 Å². The van der Waals surface area contributed by atoms with Crippen molar-refractivity contribution >= 4 is 19.8 Å². The molecule has 0 N–H and O–H groups in total. The Bertz CT molecular complexity index is 1270. The highest BCUT2D eigenvalue weighted by molar-refractivity contribution is 7.45. The predicted molar refractivity (Wildman–Crippen MR) is 240 cm³/mol. The van der Waals surface area contributed by atoms with E-state index in [9.17, 15) is 19.0 Å². The Morgan fingerprint density at radius 2 is 1.12 bits per heavy atom. The molecule has 1 unspecified atom stereocenters. The number of ether oxygens (including phenoxy) is 2. The molecule has 0 fully saturated rings. The van der Waals surface area contributed by atoms with Crippen molar-refractivity contribution in [2.24, 2.45) is 5.92 Å². The first-order valence-corrected chi connectivity index (χ1v) is 23.7. The van der Waals surface area contributed by atoms with E-state index >= 15 is 0 Å². The van der Waals surface area contributed by atoms with Crippen LogP contribution in [0.3, 0.4) is 0 Å². The van der Waals surface area contributed by atoms with E-state index in [2.05, 4.69) is 45.1 Å². The second-order valence-electron chi connectivity index (χ2n) is 16.4. The Morgan fingerprint density at radius 1 is 0.621 bits per heavy atom. The average molecular weight is 832 g/mol. The van der Waals surface area contributed by atoms with Crippen molar-refractivity contribution in [1.82, 2.24) is 0 Å². The van der Waals surface area contributed by atoms with Crippen LogP contribution in [0.15, 0.2) is 85.1 Å². The van der Waals surface area contributed by atoms with Crippen LogP contribution < -0.4 is 4.89 Å². The summed E-state index contributed by atoms with van der Waals surface area (Å²) in [6, 6.07) is 0. The molecule has 58 heavy (non-hydrogen) atoms. The molecule has 10 heteroatoms. The van der Waals surface area contributed by atoms with Crippen molar-refractivity contribution in [2.45, 2.75) is 155 Å². The molecule has 0 aromatic heterocycles. The molecule has 0 saturated heterocycles. The number of carbonyl (C=O) groups excluding carboxylic acids is 2. The SMILES string of the molecule is CCCCCCCCCC=CC=CC=CC=CC=CC=CC(=O)O[C@H](COC(=O)CCCCCCC/C=C\CCCCCC(C)C)COP(=O)([O-])OCC[N+](C)(C)C. The highest BCUT2D eigenvalue weighted by Gasteiger charge is 2.21. The Labute approximate surface area is 354 Å². The van der Waals surface area contributed by atoms with Crippen LogP contribution in [0.1, 0.15) is 149 Å². The molecule has 0 aliphatic rings. The number of phosphoric ester groups is 1. The van der Waals surface area contributed by atoms with Crippen LogP contribution in [0.2, 0.25) is 0 Å². The van der Waals surface area contributed by atoms with E-state index in [1.165, 1.54) is 82.8 Å². The van der Waals surface area contributed by atoms with Gasteiger partial charge in [-0.15, -0.1) is 0 Å². The van der Waals surface area contributed by atoms with Gasteiger partial charge in [-0.1, -0.05) is 177 Å². The normalized spacial score (nSPS) is 14.5. The van der Waals surface area contributed by atoms with Gasteiger partial charge in [0.15, 0.2) is 6.10 Å². The second-order valence-corrected chi connectivity index (χ2v) is 17.8. The lowest BCUT2D eigenvalue weighted by molar-refractivity contribution is -0.870. The van der Waals surface area contributed by atoms with Crippen LogP contribution in [0.25, 0.3) is 0 Å². The Hall–Kier alpha value is -2.81. The van der Waals surface area contributed by atoms with Crippen LogP contribution in [0, 0.1) is 5.92 Å². The third-order valence-electron chi connectivity index (χ3n) is 9.06. The summed E-state index contributed by atoms with van der Waals surface area (Å²) in [6.07, 6.45) is 48.4. The predicted octanol–water partition coefficient (Wildman–Crippen LogP) is 12.0. The number of quaternary nitrogens is 1. The van der Waals surface area contributed by atoms with Crippen LogP contribution in [-0.4, -0.2) is 70.0 Å². The fraction of sp³-hybridized carbons (Fsp3) is 0.667. The highest BCUT2D eigenvalue weighted by atomic mass is 31.2. The minimum Gasteiger partial charge on any atom is -0.756 e. The van der Waals surface area contributed by atoms with E-state index in [-0.39, 0.29) is 19.6 Å². The van der Waals surface area contributed by atoms with Gasteiger partial charge in [0.25, 0.3) is 7.82 Å². The summed E-state index contributed by atoms with van der Waals surface area (Å²) < 4.78 is 33.6. The van der Waals surface area contributed by atoms with E-state index in [0.29, 0.717) is 17.4 Å². The van der Waals surface area contributed by atoms with Crippen molar-refractivity contribution in [3.63, 3.8) is 0 Å². The molecule has 0 aromatic rings. The van der Waals surface area contributed by atoms with Gasteiger partial charge in [-0.05, 0) is 50.9 Å². The molecule has 2 atom stereocenters. The summed E-state index contributed by atoms with van der Waals surface area (Å²) in [7, 11) is 1.06. The lowest BCUT2D eigenvalue weighted by Crippen LogP contribution is -2.37. The first-order valence-electron chi connectivity index (χ1n) is 22.3. The maximum Gasteiger partial charge on any atom is 0.331 e. The lowest BCUT2D eigenvalue weighted by Gasteiger charge is -2.28. The van der Waals surface area contributed by atoms with Gasteiger partial charge in [-0.3, -0.25) is 9.36 Å². The molecule has 0 aromatic carbocycles. The summed E-state index contributed by atoms with van der Waals surface area (Å²) >= 11 is 0. The summed E-state index contributed by atoms with van der Waals surface area (Å²) in [6.45, 7) is 6.30. The van der Waals surface area contributed by atoms with Crippen LogP contribution >= 0.6 is 7.82 Å². The van der Waals surface area contributed by atoms with Crippen molar-refractivity contribution in [2.75, 3.05) is 47.5 Å². The van der Waals surface area contributed by atoms with Gasteiger partial charge in [0, 0.05) is 12.5 Å². The van der Waals surface area contributed by atoms with Gasteiger partial charge in [0.05, 0.1) is 27.7 Å². The number of allylic oxidation sites excluding steroid dienone is 13. The van der Waals surface area contributed by atoms with Crippen molar-refractivity contribution in [3.05, 3.63) is 85.1 Å². The van der Waals surface area contributed by atoms with Crippen LogP contribution in [-0.2, 0) is 32.7 Å². The summed E-state index contributed by atoms with van der Waals surface area (Å²) in [5.41, 5.74) is 0. The van der Waals surface area contributed by atoms with Crippen molar-refractivity contribution in [3.8, 4) is 0 Å². The van der Waals surface area contributed by atoms with Gasteiger partial charge in [0.1, 0.15) is 19.8 Å². The summed E-state index contributed by atoms with van der Waals surface area (Å²) in [5.74, 6) is -0.375. The van der Waals surface area contributed by atoms with E-state index in [4.69, 9.17) is 18.5 Å². The molecule has 0 aliphatic heterocycles. The zero-order valence-corrected chi connectivity index (χ0v) is 38.3. The molecule has 0 radical (unpaired) electrons. The summed E-state index contributed by atoms with van der Waals surface area (Å²) in [5, 5.41) is 0. The quantitative estimate of drug-likeness (QED) is 0.0115. The monoisotopic (exact) mass is 832 g/mol. The number of phosphoric acid groups is 1. The molecular weight excluding hydrogens is 750 g/mol. The molecule has 332 valence electrons. The number of esters is 2. The highest BCUT2D eigenvalue weighted by Crippen LogP contribution is 2.38. The Morgan fingerprint density at radius 3 is 1.69 bits per heavy atom. The molecule has 0 saturated carbocycles. The first-order chi connectivity index (χ1) is 27.8. The first kappa shape index (κ1) is 55.2. The minimum atomic E-state index is -4.67. The Balaban J connectivity index is 4.64. The molecule has 0 aliphatic carbocycles. The largest absolute Gasteiger partial charge is 0.756 e. The fourth-order valence-electron chi connectivity index (χ4n) is 5.55. The van der Waals surface area contributed by atoms with Gasteiger partial charge < -0.3 is 27.9 Å². The van der Waals surface area contributed by atoms with E-state index in [1.807, 2.05) is 57.6 Å². The van der Waals surface area contributed by atoms with Crippen LogP contribution in [0.4, 0.5) is 0 Å². The molecule has 0 amide bonds. The van der Waals surface area contributed by atoms with Gasteiger partial charge in [-0.25, -0.2) is 4.79 Å². The molecule has 0 rings (SSSR count). The van der Waals surface area contributed by atoms with E-state index in [1.54, 1.807) is 12.2 Å². The van der Waals surface area contributed by atoms with E-state index < -0.39 is 32.5 Å². The fourth-order valence-corrected chi connectivity index (χ4v) is 6.28. The standard InChI is InChI=1S/C48H82NO8P/c1-7-8-9-10-11-12-13-14-15-16-17-18-19-20-25-28-31-34-37-40-48(51)57-46(44-56-58(52,53)55-42-41-49(4,5)6)43-54-47(50)39-36-33-30-27-24-22-21-23-26-29-32-35-38-45(2)3/h15-21,23,25,28,31,34,37,40,45-46H,7-14,22,24,26-27,29-30,32-33,35-36,38-39,41-44H2,1-6H3/b16-15?,18-17?,20-19?,23-21-,28-25?,34-31?,40-37?/t46-/m1/s1. The smallest absolute Gasteiger partial charge is 0.331 e. The number of carbonyl (C=O) groups is 2.